The van der Waals surface area contributed by atoms with Gasteiger partial charge in [0.05, 0.1) is 17.7 Å². The number of ether oxygens (including phenoxy) is 2. The molecule has 9 heteroatoms. The van der Waals surface area contributed by atoms with Crippen LogP contribution in [-0.4, -0.2) is 29.9 Å². The Morgan fingerprint density at radius 3 is 2.51 bits per heavy atom. The highest BCUT2D eigenvalue weighted by molar-refractivity contribution is 9.10. The van der Waals surface area contributed by atoms with Crippen LogP contribution >= 0.6 is 39.9 Å². The summed E-state index contributed by atoms with van der Waals surface area (Å²) in [4.78, 5) is 27.4. The van der Waals surface area contributed by atoms with Crippen LogP contribution in [-0.2, 0) is 9.59 Å². The van der Waals surface area contributed by atoms with Crippen LogP contribution < -0.4 is 19.7 Å². The topological polar surface area (TPSA) is 67.9 Å². The fraction of sp³-hybridized carbons (Fsp3) is 0.115. The van der Waals surface area contributed by atoms with Crippen LogP contribution in [0.2, 0.25) is 0 Å². The molecular formula is C26H21BrN2O4S2. The molecule has 35 heavy (non-hydrogen) atoms. The summed E-state index contributed by atoms with van der Waals surface area (Å²) < 4.78 is 12.3. The van der Waals surface area contributed by atoms with Crippen molar-refractivity contribution in [3.63, 3.8) is 0 Å². The molecule has 1 saturated heterocycles. The van der Waals surface area contributed by atoms with E-state index >= 15 is 0 Å². The first-order chi connectivity index (χ1) is 16.9. The number of amides is 2. The van der Waals surface area contributed by atoms with Crippen molar-refractivity contribution in [3.8, 4) is 11.5 Å². The van der Waals surface area contributed by atoms with Gasteiger partial charge in [-0.05, 0) is 55.0 Å². The first-order valence-corrected chi connectivity index (χ1v) is 12.6. The lowest BCUT2D eigenvalue weighted by atomic mass is 10.1. The van der Waals surface area contributed by atoms with Gasteiger partial charge in [0.15, 0.2) is 22.4 Å². The van der Waals surface area contributed by atoms with Crippen molar-refractivity contribution < 1.29 is 19.1 Å². The maximum absolute atomic E-state index is 13.0. The number of nitrogens with one attached hydrogen (secondary N) is 1. The second-order valence-corrected chi connectivity index (χ2v) is 10.1. The summed E-state index contributed by atoms with van der Waals surface area (Å²) in [6.07, 6.45) is 1.75. The zero-order valence-electron chi connectivity index (χ0n) is 18.9. The maximum atomic E-state index is 13.0. The van der Waals surface area contributed by atoms with Crippen LogP contribution in [0.1, 0.15) is 11.1 Å². The molecule has 1 aliphatic rings. The molecule has 4 rings (SSSR count). The monoisotopic (exact) mass is 568 g/mol. The quantitative estimate of drug-likeness (QED) is 0.271. The predicted molar refractivity (Wildman–Crippen MR) is 148 cm³/mol. The number of para-hydroxylation sites is 1. The maximum Gasteiger partial charge on any atom is 0.270 e. The number of benzene rings is 3. The molecule has 0 bridgehead atoms. The molecule has 1 aliphatic heterocycles. The van der Waals surface area contributed by atoms with Crippen molar-refractivity contribution >= 4 is 73.5 Å². The first-order valence-electron chi connectivity index (χ1n) is 10.6. The van der Waals surface area contributed by atoms with E-state index in [1.165, 1.54) is 23.8 Å². The number of carbonyl (C=O) groups excluding carboxylic acids is 2. The SMILES string of the molecule is COc1cc(/C=C2/SC(=S)N(c3ccccc3)C2=O)c(Br)cc1OCC(=O)Nc1ccc(C)cc1. The molecule has 2 amide bonds. The highest BCUT2D eigenvalue weighted by atomic mass is 79.9. The standard InChI is InChI=1S/C26H21BrN2O4S2/c1-16-8-10-18(11-9-16)28-24(30)15-33-22-14-20(27)17(12-21(22)32-2)13-23-25(31)29(26(34)35-23)19-6-4-3-5-7-19/h3-14H,15H2,1-2H3,(H,28,30)/b23-13+. The van der Waals surface area contributed by atoms with E-state index in [0.29, 0.717) is 36.4 Å². The second kappa shape index (κ2) is 11.1. The van der Waals surface area contributed by atoms with Gasteiger partial charge >= 0.3 is 0 Å². The number of carbonyl (C=O) groups is 2. The predicted octanol–water partition coefficient (Wildman–Crippen LogP) is 6.19. The minimum absolute atomic E-state index is 0.189. The van der Waals surface area contributed by atoms with Crippen LogP contribution in [0.15, 0.2) is 76.1 Å². The number of anilines is 2. The fourth-order valence-corrected chi connectivity index (χ4v) is 5.05. The normalized spacial score (nSPS) is 14.4. The summed E-state index contributed by atoms with van der Waals surface area (Å²) in [7, 11) is 1.52. The minimum atomic E-state index is -0.291. The summed E-state index contributed by atoms with van der Waals surface area (Å²) in [6, 6.07) is 20.2. The number of rotatable bonds is 7. The third kappa shape index (κ3) is 5.93. The number of halogens is 1. The molecule has 3 aromatic rings. The van der Waals surface area contributed by atoms with Gasteiger partial charge in [0.25, 0.3) is 11.8 Å². The largest absolute Gasteiger partial charge is 0.493 e. The molecule has 0 unspecified atom stereocenters. The Morgan fingerprint density at radius 1 is 1.11 bits per heavy atom. The molecule has 6 nitrogen and oxygen atoms in total. The van der Waals surface area contributed by atoms with E-state index in [2.05, 4.69) is 21.2 Å². The number of thioether (sulfide) groups is 1. The van der Waals surface area contributed by atoms with E-state index in [9.17, 15) is 9.59 Å². The van der Waals surface area contributed by atoms with E-state index in [4.69, 9.17) is 21.7 Å². The van der Waals surface area contributed by atoms with Crippen molar-refractivity contribution in [3.05, 3.63) is 87.2 Å². The Bertz CT molecular complexity index is 1310. The van der Waals surface area contributed by atoms with Crippen LogP contribution in [0.3, 0.4) is 0 Å². The van der Waals surface area contributed by atoms with Gasteiger partial charge in [-0.25, -0.2) is 0 Å². The van der Waals surface area contributed by atoms with Crippen molar-refractivity contribution in [2.75, 3.05) is 23.9 Å². The van der Waals surface area contributed by atoms with Gasteiger partial charge in [-0.15, -0.1) is 0 Å². The van der Waals surface area contributed by atoms with Gasteiger partial charge in [-0.3, -0.25) is 14.5 Å². The molecule has 0 radical (unpaired) electrons. The van der Waals surface area contributed by atoms with Gasteiger partial charge in [-0.1, -0.05) is 75.8 Å². The van der Waals surface area contributed by atoms with Crippen molar-refractivity contribution in [1.29, 1.82) is 0 Å². The van der Waals surface area contributed by atoms with Crippen LogP contribution in [0.25, 0.3) is 6.08 Å². The smallest absolute Gasteiger partial charge is 0.270 e. The number of methoxy groups -OCH3 is 1. The van der Waals surface area contributed by atoms with Gasteiger partial charge in [0.2, 0.25) is 0 Å². The molecule has 0 aromatic heterocycles. The van der Waals surface area contributed by atoms with E-state index < -0.39 is 0 Å². The lowest BCUT2D eigenvalue weighted by Gasteiger charge is -2.14. The second-order valence-electron chi connectivity index (χ2n) is 7.58. The summed E-state index contributed by atoms with van der Waals surface area (Å²) in [6.45, 7) is 1.79. The summed E-state index contributed by atoms with van der Waals surface area (Å²) in [5.41, 5.74) is 3.24. The van der Waals surface area contributed by atoms with Gasteiger partial charge in [0, 0.05) is 10.2 Å². The highest BCUT2D eigenvalue weighted by Gasteiger charge is 2.33. The van der Waals surface area contributed by atoms with Gasteiger partial charge < -0.3 is 14.8 Å². The van der Waals surface area contributed by atoms with E-state index in [-0.39, 0.29) is 18.4 Å². The van der Waals surface area contributed by atoms with Crippen molar-refractivity contribution in [2.45, 2.75) is 6.92 Å². The Hall–Kier alpha value is -3.14. The molecule has 0 atom stereocenters. The van der Waals surface area contributed by atoms with Crippen molar-refractivity contribution in [2.24, 2.45) is 0 Å². The molecule has 1 heterocycles. The summed E-state index contributed by atoms with van der Waals surface area (Å²) >= 11 is 10.2. The van der Waals surface area contributed by atoms with Crippen molar-refractivity contribution in [1.82, 2.24) is 0 Å². The molecular weight excluding hydrogens is 548 g/mol. The third-order valence-corrected chi connectivity index (χ3v) is 7.06. The van der Waals surface area contributed by atoms with Crippen LogP contribution in [0, 0.1) is 6.92 Å². The zero-order valence-corrected chi connectivity index (χ0v) is 22.1. The Kier molecular flexibility index (Phi) is 7.90. The average molecular weight is 570 g/mol. The fourth-order valence-electron chi connectivity index (χ4n) is 3.32. The lowest BCUT2D eigenvalue weighted by molar-refractivity contribution is -0.118. The molecule has 1 fully saturated rings. The Labute approximate surface area is 221 Å². The number of hydrogen-bond acceptors (Lipinski definition) is 6. The zero-order chi connectivity index (χ0) is 24.9. The number of hydrogen-bond donors (Lipinski definition) is 1. The summed E-state index contributed by atoms with van der Waals surface area (Å²) in [5, 5.41) is 2.79. The molecule has 0 saturated carbocycles. The molecule has 1 N–H and O–H groups in total. The van der Waals surface area contributed by atoms with Gasteiger partial charge in [-0.2, -0.15) is 0 Å². The average Bonchev–Trinajstić information content (AvgIpc) is 3.13. The summed E-state index contributed by atoms with van der Waals surface area (Å²) in [5.74, 6) is 0.347. The van der Waals surface area contributed by atoms with Crippen LogP contribution in [0.5, 0.6) is 11.5 Å². The molecule has 3 aromatic carbocycles. The Balaban J connectivity index is 1.49. The van der Waals surface area contributed by atoms with Crippen LogP contribution in [0.4, 0.5) is 11.4 Å². The van der Waals surface area contributed by atoms with E-state index in [1.807, 2.05) is 61.5 Å². The number of thiocarbonyl (C=S) groups is 1. The molecule has 178 valence electrons. The third-order valence-electron chi connectivity index (χ3n) is 5.07. The number of nitrogens with zero attached hydrogens (tertiary/aromatic N) is 1. The minimum Gasteiger partial charge on any atom is -0.493 e. The highest BCUT2D eigenvalue weighted by Crippen LogP contribution is 2.39. The number of aryl methyl sites for hydroxylation is 1. The Morgan fingerprint density at radius 2 is 1.83 bits per heavy atom. The lowest BCUT2D eigenvalue weighted by Crippen LogP contribution is -2.27. The molecule has 0 aliphatic carbocycles. The van der Waals surface area contributed by atoms with E-state index in [1.54, 1.807) is 18.2 Å². The van der Waals surface area contributed by atoms with E-state index in [0.717, 1.165) is 11.3 Å². The molecule has 0 spiro atoms. The van der Waals surface area contributed by atoms with Gasteiger partial charge in [0.1, 0.15) is 0 Å². The first kappa shape index (κ1) is 25.0.